The Kier molecular flexibility index (Phi) is 8.09. The highest BCUT2D eigenvalue weighted by atomic mass is 19.3. The van der Waals surface area contributed by atoms with Crippen LogP contribution in [0.2, 0.25) is 0 Å². The average molecular weight is 474 g/mol. The molecule has 1 aromatic heterocycles. The molecule has 0 radical (unpaired) electrons. The van der Waals surface area contributed by atoms with E-state index in [1.54, 1.807) is 12.4 Å². The monoisotopic (exact) mass is 473 g/mol. The predicted molar refractivity (Wildman–Crippen MR) is 130 cm³/mol. The molecule has 0 atom stereocenters. The number of aryl methyl sites for hydroxylation is 1. The minimum Gasteiger partial charge on any atom is -0.433 e. The number of nitrogens with zero attached hydrogens (tertiary/aromatic N) is 4. The van der Waals surface area contributed by atoms with E-state index < -0.39 is 6.61 Å². The zero-order chi connectivity index (χ0) is 25.0. The summed E-state index contributed by atoms with van der Waals surface area (Å²) in [6.07, 6.45) is 6.50. The molecule has 2 aromatic rings. The van der Waals surface area contributed by atoms with Gasteiger partial charge in [-0.3, -0.25) is 9.69 Å². The molecule has 1 aliphatic heterocycles. The lowest BCUT2D eigenvalue weighted by atomic mass is 9.91. The van der Waals surface area contributed by atoms with Crippen LogP contribution in [0, 0.1) is 0 Å². The van der Waals surface area contributed by atoms with Gasteiger partial charge in [-0.05, 0) is 49.6 Å². The van der Waals surface area contributed by atoms with E-state index in [2.05, 4.69) is 11.9 Å². The zero-order valence-electron chi connectivity index (χ0n) is 20.4. The third-order valence-corrected chi connectivity index (χ3v) is 6.26. The molecule has 1 amide bonds. The molecule has 2 heterocycles. The van der Waals surface area contributed by atoms with Crippen LogP contribution in [0.1, 0.15) is 38.7 Å². The number of carbonyl (C=O) groups is 1. The van der Waals surface area contributed by atoms with E-state index in [0.717, 1.165) is 34.0 Å². The number of aromatic nitrogens is 2. The van der Waals surface area contributed by atoms with Crippen molar-refractivity contribution in [2.45, 2.75) is 39.7 Å². The van der Waals surface area contributed by atoms with Gasteiger partial charge in [-0.15, -0.1) is 0 Å². The topological polar surface area (TPSA) is 76.6 Å². The van der Waals surface area contributed by atoms with Crippen LogP contribution in [0.3, 0.4) is 0 Å². The number of likely N-dealkylation sites (tertiary alicyclic amines) is 1. The summed E-state index contributed by atoms with van der Waals surface area (Å²) >= 11 is 0. The number of rotatable bonds is 9. The summed E-state index contributed by atoms with van der Waals surface area (Å²) in [5.41, 5.74) is 8.67. The summed E-state index contributed by atoms with van der Waals surface area (Å²) in [6.45, 7) is 4.56. The van der Waals surface area contributed by atoms with E-state index in [0.29, 0.717) is 18.8 Å². The molecule has 3 rings (SSSR count). The highest BCUT2D eigenvalue weighted by Crippen LogP contribution is 2.37. The summed E-state index contributed by atoms with van der Waals surface area (Å²) < 4.78 is 33.6. The minimum atomic E-state index is -2.95. The fourth-order valence-electron chi connectivity index (χ4n) is 4.19. The van der Waals surface area contributed by atoms with E-state index in [9.17, 15) is 13.6 Å². The Labute approximate surface area is 198 Å². The number of anilines is 1. The predicted octanol–water partition coefficient (Wildman–Crippen LogP) is 2.31. The van der Waals surface area contributed by atoms with Crippen LogP contribution in [0.25, 0.3) is 12.2 Å². The first-order valence-electron chi connectivity index (χ1n) is 11.3. The minimum absolute atomic E-state index is 0.116. The lowest BCUT2D eigenvalue weighted by Crippen LogP contribution is -2.48. The number of benzene rings is 1. The van der Waals surface area contributed by atoms with Crippen molar-refractivity contribution in [2.75, 3.05) is 31.6 Å². The Morgan fingerprint density at radius 1 is 1.38 bits per heavy atom. The summed E-state index contributed by atoms with van der Waals surface area (Å²) in [6, 6.07) is 5.43. The van der Waals surface area contributed by atoms with Gasteiger partial charge in [0.15, 0.2) is 0 Å². The molecule has 1 aromatic carbocycles. The molecular weight excluding hydrogens is 440 g/mol. The van der Waals surface area contributed by atoms with Crippen LogP contribution in [0.15, 0.2) is 35.8 Å². The quantitative estimate of drug-likeness (QED) is 0.605. The number of alkyl halides is 2. The molecule has 1 fully saturated rings. The van der Waals surface area contributed by atoms with Crippen molar-refractivity contribution in [1.82, 2.24) is 14.5 Å². The summed E-state index contributed by atoms with van der Waals surface area (Å²) in [5.74, 6) is -0.128. The molecule has 2 N–H and O–H groups in total. The second-order valence-electron chi connectivity index (χ2n) is 8.60. The largest absolute Gasteiger partial charge is 0.433 e. The molecule has 1 saturated heterocycles. The van der Waals surface area contributed by atoms with Gasteiger partial charge in [0.1, 0.15) is 5.75 Å². The molecule has 34 heavy (non-hydrogen) atoms. The third-order valence-electron chi connectivity index (χ3n) is 6.26. The van der Waals surface area contributed by atoms with Crippen LogP contribution in [0.4, 0.5) is 14.5 Å². The Morgan fingerprint density at radius 2 is 2.09 bits per heavy atom. The van der Waals surface area contributed by atoms with Gasteiger partial charge in [-0.25, -0.2) is 4.98 Å². The van der Waals surface area contributed by atoms with E-state index in [-0.39, 0.29) is 24.1 Å². The summed E-state index contributed by atoms with van der Waals surface area (Å²) in [4.78, 5) is 19.3. The molecule has 1 aliphatic rings. The number of amides is 1. The van der Waals surface area contributed by atoms with Gasteiger partial charge in [-0.2, -0.15) is 8.78 Å². The second-order valence-corrected chi connectivity index (χ2v) is 8.60. The van der Waals surface area contributed by atoms with Crippen molar-refractivity contribution in [2.24, 2.45) is 12.8 Å². The Hall–Kier alpha value is -3.20. The highest BCUT2D eigenvalue weighted by Gasteiger charge is 2.30. The fourth-order valence-corrected chi connectivity index (χ4v) is 4.19. The van der Waals surface area contributed by atoms with Crippen molar-refractivity contribution in [3.63, 3.8) is 0 Å². The first-order valence-corrected chi connectivity index (χ1v) is 11.3. The van der Waals surface area contributed by atoms with Crippen LogP contribution in [0.5, 0.6) is 5.75 Å². The first-order chi connectivity index (χ1) is 16.1. The highest BCUT2D eigenvalue weighted by molar-refractivity contribution is 5.76. The number of nitrogens with two attached hydrogens (primary N) is 1. The van der Waals surface area contributed by atoms with Gasteiger partial charge >= 0.3 is 6.61 Å². The molecule has 0 spiro atoms. The fraction of sp³-hybridized carbons (Fsp3) is 0.440. The van der Waals surface area contributed by atoms with Gasteiger partial charge in [0.05, 0.1) is 29.3 Å². The molecule has 0 bridgehead atoms. The van der Waals surface area contributed by atoms with Gasteiger partial charge < -0.3 is 19.9 Å². The number of allylic oxidation sites excluding steroid dienone is 2. The molecular formula is C25H33F2N5O2. The number of ether oxygens (including phenoxy) is 1. The Bertz CT molecular complexity index is 1180. The normalized spacial score (nSPS) is 16.6. The maximum atomic E-state index is 13.3. The SMILES string of the molecule is CC=c1ncn(C)c1=CC(=C(C)CC)N(C)c1ccc(C2CN(CC(N)=O)C2)cc1OC(F)F. The number of hydrogen-bond donors (Lipinski definition) is 1. The van der Waals surface area contributed by atoms with Crippen LogP contribution < -0.4 is 26.1 Å². The van der Waals surface area contributed by atoms with E-state index in [4.69, 9.17) is 10.5 Å². The molecule has 0 unspecified atom stereocenters. The molecule has 184 valence electrons. The molecule has 0 aliphatic carbocycles. The molecule has 9 heteroatoms. The standard InChI is InChI=1S/C25H33F2N5O2/c1-6-16(3)21(11-22-19(7-2)29-15-30(22)4)31(5)20-9-8-17(10-23(20)34-25(26)27)18-12-32(13-18)14-24(28)33/h7-11,15,18,25H,6,12-14H2,1-5H3,(H2,28,33). The number of carbonyl (C=O) groups excluding carboxylic acids is 1. The third kappa shape index (κ3) is 5.64. The Morgan fingerprint density at radius 3 is 2.68 bits per heavy atom. The number of halogens is 2. The van der Waals surface area contributed by atoms with Gasteiger partial charge in [0.25, 0.3) is 0 Å². The first kappa shape index (κ1) is 25.4. The maximum absolute atomic E-state index is 13.3. The van der Waals surface area contributed by atoms with Gasteiger partial charge in [0, 0.05) is 38.8 Å². The van der Waals surface area contributed by atoms with E-state index in [1.807, 2.05) is 66.6 Å². The molecule has 7 nitrogen and oxygen atoms in total. The summed E-state index contributed by atoms with van der Waals surface area (Å²) in [7, 11) is 3.77. The van der Waals surface area contributed by atoms with Gasteiger partial charge in [0.2, 0.25) is 5.91 Å². The smallest absolute Gasteiger partial charge is 0.387 e. The van der Waals surface area contributed by atoms with Crippen LogP contribution in [-0.2, 0) is 11.8 Å². The lowest BCUT2D eigenvalue weighted by molar-refractivity contribution is -0.120. The van der Waals surface area contributed by atoms with Crippen molar-refractivity contribution in [3.8, 4) is 5.75 Å². The van der Waals surface area contributed by atoms with Crippen molar-refractivity contribution >= 4 is 23.7 Å². The second kappa shape index (κ2) is 10.8. The number of primary amides is 1. The summed E-state index contributed by atoms with van der Waals surface area (Å²) in [5, 5.41) is 1.77. The van der Waals surface area contributed by atoms with E-state index >= 15 is 0 Å². The van der Waals surface area contributed by atoms with E-state index in [1.165, 1.54) is 0 Å². The average Bonchev–Trinajstić information content (AvgIpc) is 3.11. The lowest BCUT2D eigenvalue weighted by Gasteiger charge is -2.39. The Balaban J connectivity index is 2.00. The number of hydrogen-bond acceptors (Lipinski definition) is 5. The van der Waals surface area contributed by atoms with Crippen molar-refractivity contribution in [1.29, 1.82) is 0 Å². The maximum Gasteiger partial charge on any atom is 0.387 e. The van der Waals surface area contributed by atoms with Gasteiger partial charge in [-0.1, -0.05) is 19.1 Å². The van der Waals surface area contributed by atoms with Crippen molar-refractivity contribution < 1.29 is 18.3 Å². The number of imidazole rings is 1. The molecule has 0 saturated carbocycles. The zero-order valence-corrected chi connectivity index (χ0v) is 20.4. The van der Waals surface area contributed by atoms with Crippen LogP contribution in [-0.4, -0.2) is 53.7 Å². The van der Waals surface area contributed by atoms with Crippen LogP contribution >= 0.6 is 0 Å². The van der Waals surface area contributed by atoms with Crippen molar-refractivity contribution in [3.05, 3.63) is 52.1 Å².